The number of carbonyl (C=O) groups excluding carboxylic acids is 1. The van der Waals surface area contributed by atoms with Crippen molar-refractivity contribution in [2.45, 2.75) is 31.3 Å². The largest absolute Gasteiger partial charge is 0.444 e. The van der Waals surface area contributed by atoms with Crippen molar-refractivity contribution in [3.05, 3.63) is 28.2 Å². The summed E-state index contributed by atoms with van der Waals surface area (Å²) < 4.78 is 32.1. The van der Waals surface area contributed by atoms with E-state index in [0.717, 1.165) is 0 Å². The molecular formula is C15H20Cl2N2O4S. The zero-order chi connectivity index (χ0) is 18.1. The highest BCUT2D eigenvalue weighted by molar-refractivity contribution is 7.89. The Morgan fingerprint density at radius 2 is 1.58 bits per heavy atom. The topological polar surface area (TPSA) is 66.9 Å². The van der Waals surface area contributed by atoms with Crippen LogP contribution in [0.3, 0.4) is 0 Å². The van der Waals surface area contributed by atoms with Crippen molar-refractivity contribution < 1.29 is 17.9 Å². The molecule has 0 saturated carbocycles. The Labute approximate surface area is 152 Å². The maximum atomic E-state index is 12.8. The van der Waals surface area contributed by atoms with Crippen molar-refractivity contribution in [1.82, 2.24) is 9.21 Å². The van der Waals surface area contributed by atoms with Gasteiger partial charge in [-0.1, -0.05) is 29.3 Å². The SMILES string of the molecule is CC(C)(C)OC(=O)N1CCN(S(=O)(=O)c2c(Cl)cccc2Cl)CC1. The monoisotopic (exact) mass is 394 g/mol. The summed E-state index contributed by atoms with van der Waals surface area (Å²) >= 11 is 12.0. The molecular weight excluding hydrogens is 375 g/mol. The number of hydrogen-bond donors (Lipinski definition) is 0. The van der Waals surface area contributed by atoms with Crippen molar-refractivity contribution in [2.24, 2.45) is 0 Å². The van der Waals surface area contributed by atoms with Crippen molar-refractivity contribution in [3.63, 3.8) is 0 Å². The molecule has 0 bridgehead atoms. The summed E-state index contributed by atoms with van der Waals surface area (Å²) in [6.45, 7) is 6.15. The van der Waals surface area contributed by atoms with E-state index in [-0.39, 0.29) is 41.1 Å². The summed E-state index contributed by atoms with van der Waals surface area (Å²) in [5.74, 6) is 0. The smallest absolute Gasteiger partial charge is 0.410 e. The minimum Gasteiger partial charge on any atom is -0.444 e. The molecule has 6 nitrogen and oxygen atoms in total. The highest BCUT2D eigenvalue weighted by atomic mass is 35.5. The molecule has 1 aliphatic rings. The van der Waals surface area contributed by atoms with Crippen LogP contribution in [0.4, 0.5) is 4.79 Å². The molecule has 9 heteroatoms. The van der Waals surface area contributed by atoms with E-state index < -0.39 is 21.7 Å². The standard InChI is InChI=1S/C15H20Cl2N2O4S/c1-15(2,3)23-14(20)18-7-9-19(10-8-18)24(21,22)13-11(16)5-4-6-12(13)17/h4-6H,7-10H2,1-3H3. The molecule has 1 aliphatic heterocycles. The molecule has 0 radical (unpaired) electrons. The van der Waals surface area contributed by atoms with E-state index in [4.69, 9.17) is 27.9 Å². The summed E-state index contributed by atoms with van der Waals surface area (Å²) in [6.07, 6.45) is -0.449. The van der Waals surface area contributed by atoms with Crippen LogP contribution in [0.2, 0.25) is 10.0 Å². The molecule has 1 saturated heterocycles. The predicted octanol–water partition coefficient (Wildman–Crippen LogP) is 3.23. The maximum Gasteiger partial charge on any atom is 0.410 e. The number of amides is 1. The lowest BCUT2D eigenvalue weighted by Gasteiger charge is -2.35. The van der Waals surface area contributed by atoms with Gasteiger partial charge in [0.05, 0.1) is 10.0 Å². The minimum absolute atomic E-state index is 0.0806. The number of carbonyl (C=O) groups is 1. The number of nitrogens with zero attached hydrogens (tertiary/aromatic N) is 2. The van der Waals surface area contributed by atoms with Crippen LogP contribution in [-0.2, 0) is 14.8 Å². The molecule has 0 N–H and O–H groups in total. The fraction of sp³-hybridized carbons (Fsp3) is 0.533. The molecule has 24 heavy (non-hydrogen) atoms. The van der Waals surface area contributed by atoms with Crippen molar-refractivity contribution in [3.8, 4) is 0 Å². The van der Waals surface area contributed by atoms with E-state index in [0.29, 0.717) is 0 Å². The van der Waals surface area contributed by atoms with Crippen LogP contribution in [0.15, 0.2) is 23.1 Å². The number of sulfonamides is 1. The highest BCUT2D eigenvalue weighted by Gasteiger charge is 2.34. The van der Waals surface area contributed by atoms with Gasteiger partial charge in [-0.05, 0) is 32.9 Å². The third-order valence-electron chi connectivity index (χ3n) is 3.41. The Balaban J connectivity index is 2.10. The van der Waals surface area contributed by atoms with Gasteiger partial charge in [0.1, 0.15) is 10.5 Å². The first-order chi connectivity index (χ1) is 11.0. The fourth-order valence-corrected chi connectivity index (χ4v) is 4.81. The lowest BCUT2D eigenvalue weighted by atomic mass is 10.2. The lowest BCUT2D eigenvalue weighted by Crippen LogP contribution is -2.51. The predicted molar refractivity (Wildman–Crippen MR) is 93.0 cm³/mol. The molecule has 0 unspecified atom stereocenters. The molecule has 2 rings (SSSR count). The first-order valence-electron chi connectivity index (χ1n) is 7.44. The van der Waals surface area contributed by atoms with Gasteiger partial charge in [-0.2, -0.15) is 4.31 Å². The highest BCUT2D eigenvalue weighted by Crippen LogP contribution is 2.31. The summed E-state index contributed by atoms with van der Waals surface area (Å²) in [7, 11) is -3.82. The van der Waals surface area contributed by atoms with E-state index >= 15 is 0 Å². The van der Waals surface area contributed by atoms with E-state index in [1.807, 2.05) is 0 Å². The summed E-state index contributed by atoms with van der Waals surface area (Å²) in [4.78, 5) is 13.4. The Morgan fingerprint density at radius 1 is 1.08 bits per heavy atom. The summed E-state index contributed by atoms with van der Waals surface area (Å²) in [6, 6.07) is 4.55. The molecule has 1 fully saturated rings. The first-order valence-corrected chi connectivity index (χ1v) is 9.64. The van der Waals surface area contributed by atoms with E-state index in [1.165, 1.54) is 21.3 Å². The second-order valence-corrected chi connectivity index (χ2v) is 9.11. The Morgan fingerprint density at radius 3 is 2.04 bits per heavy atom. The second-order valence-electron chi connectivity index (χ2n) is 6.42. The number of piperazine rings is 1. The van der Waals surface area contributed by atoms with Gasteiger partial charge in [-0.25, -0.2) is 13.2 Å². The lowest BCUT2D eigenvalue weighted by molar-refractivity contribution is 0.0192. The van der Waals surface area contributed by atoms with Crippen LogP contribution in [0.25, 0.3) is 0 Å². The molecule has 1 aromatic carbocycles. The fourth-order valence-electron chi connectivity index (χ4n) is 2.30. The Bertz CT molecular complexity index is 703. The van der Waals surface area contributed by atoms with Gasteiger partial charge in [0, 0.05) is 26.2 Å². The quantitative estimate of drug-likeness (QED) is 0.771. The van der Waals surface area contributed by atoms with E-state index in [9.17, 15) is 13.2 Å². The number of ether oxygens (including phenoxy) is 1. The van der Waals surface area contributed by atoms with Crippen LogP contribution in [0.5, 0.6) is 0 Å². The molecule has 0 aliphatic carbocycles. The first kappa shape index (κ1) is 19.3. The molecule has 0 atom stereocenters. The van der Waals surface area contributed by atoms with Crippen LogP contribution in [0.1, 0.15) is 20.8 Å². The van der Waals surface area contributed by atoms with Gasteiger partial charge in [-0.3, -0.25) is 0 Å². The number of hydrogen-bond acceptors (Lipinski definition) is 4. The normalized spacial score (nSPS) is 17.0. The number of benzene rings is 1. The third kappa shape index (κ3) is 4.33. The van der Waals surface area contributed by atoms with Gasteiger partial charge >= 0.3 is 6.09 Å². The van der Waals surface area contributed by atoms with E-state index in [1.54, 1.807) is 26.8 Å². The molecule has 1 aromatic rings. The van der Waals surface area contributed by atoms with Gasteiger partial charge in [0.15, 0.2) is 0 Å². The van der Waals surface area contributed by atoms with Crippen LogP contribution >= 0.6 is 23.2 Å². The van der Waals surface area contributed by atoms with Crippen LogP contribution < -0.4 is 0 Å². The van der Waals surface area contributed by atoms with Crippen LogP contribution in [0, 0.1) is 0 Å². The molecule has 1 amide bonds. The van der Waals surface area contributed by atoms with Gasteiger partial charge in [0.25, 0.3) is 0 Å². The maximum absolute atomic E-state index is 12.8. The molecule has 0 aromatic heterocycles. The molecule has 134 valence electrons. The summed E-state index contributed by atoms with van der Waals surface area (Å²) in [5, 5.41) is 0.161. The minimum atomic E-state index is -3.82. The molecule has 1 heterocycles. The zero-order valence-electron chi connectivity index (χ0n) is 13.8. The Hall–Kier alpha value is -1.02. The van der Waals surface area contributed by atoms with Gasteiger partial charge in [0.2, 0.25) is 10.0 Å². The average Bonchev–Trinajstić information content (AvgIpc) is 2.45. The van der Waals surface area contributed by atoms with Crippen molar-refractivity contribution >= 4 is 39.3 Å². The number of rotatable bonds is 2. The average molecular weight is 395 g/mol. The third-order valence-corrected chi connectivity index (χ3v) is 6.26. The van der Waals surface area contributed by atoms with Crippen LogP contribution in [-0.4, -0.2) is 55.5 Å². The number of halogens is 2. The second kappa shape index (κ2) is 7.07. The van der Waals surface area contributed by atoms with Crippen molar-refractivity contribution in [1.29, 1.82) is 0 Å². The molecule has 0 spiro atoms. The Kier molecular flexibility index (Phi) is 5.69. The summed E-state index contributed by atoms with van der Waals surface area (Å²) in [5.41, 5.74) is -0.592. The van der Waals surface area contributed by atoms with E-state index in [2.05, 4.69) is 0 Å². The van der Waals surface area contributed by atoms with Gasteiger partial charge in [-0.15, -0.1) is 0 Å². The van der Waals surface area contributed by atoms with Crippen molar-refractivity contribution in [2.75, 3.05) is 26.2 Å². The zero-order valence-corrected chi connectivity index (χ0v) is 16.1. The van der Waals surface area contributed by atoms with Gasteiger partial charge < -0.3 is 9.64 Å².